The summed E-state index contributed by atoms with van der Waals surface area (Å²) in [5.74, 6) is 1.26. The molecule has 1 saturated carbocycles. The summed E-state index contributed by atoms with van der Waals surface area (Å²) in [5, 5.41) is 25.5. The Kier molecular flexibility index (Phi) is 11.8. The van der Waals surface area contributed by atoms with E-state index < -0.39 is 5.41 Å². The molecule has 3 heterocycles. The number of fused-ring (bicyclic) bond motifs is 1. The van der Waals surface area contributed by atoms with Gasteiger partial charge in [0.15, 0.2) is 0 Å². The van der Waals surface area contributed by atoms with Gasteiger partial charge in [0.2, 0.25) is 0 Å². The summed E-state index contributed by atoms with van der Waals surface area (Å²) >= 11 is 0. The summed E-state index contributed by atoms with van der Waals surface area (Å²) in [6.07, 6.45) is 16.7. The zero-order valence-corrected chi connectivity index (χ0v) is 35.3. The molecule has 8 atom stereocenters. The molecule has 7 nitrogen and oxygen atoms in total. The van der Waals surface area contributed by atoms with E-state index in [2.05, 4.69) is 67.7 Å². The molecular weight excluding hydrogens is 747 g/mol. The molecule has 1 spiro atoms. The second-order valence-corrected chi connectivity index (χ2v) is 18.4. The highest BCUT2D eigenvalue weighted by Gasteiger charge is 2.68. The number of allylic oxidation sites excluding steroid dienone is 5. The Hall–Kier alpha value is -4.72. The minimum absolute atomic E-state index is 0.00633. The zero-order valence-electron chi connectivity index (χ0n) is 35.3. The number of piperidine rings is 1. The third-order valence-corrected chi connectivity index (χ3v) is 15.2. The fourth-order valence-electron chi connectivity index (χ4n) is 12.3. The van der Waals surface area contributed by atoms with E-state index in [1.807, 2.05) is 36.4 Å². The summed E-state index contributed by atoms with van der Waals surface area (Å²) < 4.78 is 12.9. The number of phenolic OH excluding ortho intramolecular Hbond substituents is 1. The second-order valence-electron chi connectivity index (χ2n) is 18.4. The van der Waals surface area contributed by atoms with Crippen molar-refractivity contribution >= 4 is 17.5 Å². The third-order valence-electron chi connectivity index (χ3n) is 15.2. The number of ether oxygens (including phenoxy) is 2. The number of benzene rings is 3. The number of phenols is 1. The number of hydrogen-bond acceptors (Lipinski definition) is 7. The van der Waals surface area contributed by atoms with Crippen LogP contribution in [0.15, 0.2) is 119 Å². The number of nitrogens with one attached hydrogen (secondary N) is 1. The van der Waals surface area contributed by atoms with Gasteiger partial charge in [-0.15, -0.1) is 0 Å². The first kappa shape index (κ1) is 40.7. The molecule has 3 fully saturated rings. The highest BCUT2D eigenvalue weighted by Crippen LogP contribution is 2.72. The summed E-state index contributed by atoms with van der Waals surface area (Å²) in [4.78, 5) is 29.3. The Balaban J connectivity index is 1.14. The standard InChI is InChI=1S/C53H61NO6/c1-3-5-8-17-38-30-36(25-27-54-38)37(32-55)18-23-45-43-22-21-42-41-24-26-53(49(42)48(43)51(57)59-45)46(29-33(4-2)28-34-13-9-6-10-14-34)60-52(58)50(53)47(41)44-31-39(56)19-20-40(44)35-15-11-7-12-16-35/h6-7,9-16,19-20,23,29,31,33,36-38,41-42,49,54-56H,3-5,8,17-18,21-22,24-28,30,32H2,1-2H3. The number of carbonyl (C=O) groups is 2. The topological polar surface area (TPSA) is 105 Å². The number of hydrogen-bond donors (Lipinski definition) is 3. The fraction of sp³-hybridized carbons (Fsp3) is 0.472. The highest BCUT2D eigenvalue weighted by atomic mass is 16.5. The van der Waals surface area contributed by atoms with Crippen molar-refractivity contribution in [3.63, 3.8) is 0 Å². The Morgan fingerprint density at radius 2 is 1.70 bits per heavy atom. The SMILES string of the molecule is CCCCCC1CC(C(CO)CC=C2OC(=O)C3=C2CCC2C4CCC5(C(=CC(CC)Cc6ccccc6)OC(=O)C5=C4c4cc(O)ccc4-c4ccccc4)C32)CCN1. The summed E-state index contributed by atoms with van der Waals surface area (Å²) in [6.45, 7) is 5.51. The first-order valence-electron chi connectivity index (χ1n) is 23.0. The van der Waals surface area contributed by atoms with Gasteiger partial charge in [0, 0.05) is 29.7 Å². The summed E-state index contributed by atoms with van der Waals surface area (Å²) in [5.41, 5.74) is 6.55. The van der Waals surface area contributed by atoms with E-state index in [1.54, 1.807) is 6.07 Å². The number of unbranched alkanes of at least 4 members (excludes halogenated alkanes) is 2. The molecule has 0 radical (unpaired) electrons. The third kappa shape index (κ3) is 7.30. The molecule has 3 aliphatic heterocycles. The van der Waals surface area contributed by atoms with Crippen molar-refractivity contribution in [3.05, 3.63) is 130 Å². The van der Waals surface area contributed by atoms with Gasteiger partial charge in [0.1, 0.15) is 17.3 Å². The smallest absolute Gasteiger partial charge is 0.340 e. The van der Waals surface area contributed by atoms with Crippen LogP contribution in [0.1, 0.15) is 102 Å². The lowest BCUT2D eigenvalue weighted by Gasteiger charge is -2.56. The number of cyclic esters (lactones) is 2. The minimum Gasteiger partial charge on any atom is -0.508 e. The molecule has 8 unspecified atom stereocenters. The Labute approximate surface area is 355 Å². The Morgan fingerprint density at radius 1 is 0.900 bits per heavy atom. The van der Waals surface area contributed by atoms with Gasteiger partial charge in [-0.05, 0) is 152 Å². The number of aliphatic hydroxyl groups is 1. The zero-order chi connectivity index (χ0) is 41.4. The van der Waals surface area contributed by atoms with Crippen LogP contribution in [0.5, 0.6) is 5.75 Å². The average Bonchev–Trinajstić information content (AvgIpc) is 3.76. The predicted octanol–water partition coefficient (Wildman–Crippen LogP) is 10.6. The van der Waals surface area contributed by atoms with Gasteiger partial charge in [0.05, 0.1) is 11.0 Å². The van der Waals surface area contributed by atoms with Crippen molar-refractivity contribution < 1.29 is 29.3 Å². The molecule has 10 rings (SSSR count). The van der Waals surface area contributed by atoms with Crippen molar-refractivity contribution in [1.82, 2.24) is 5.32 Å². The van der Waals surface area contributed by atoms with E-state index in [0.717, 1.165) is 78.5 Å². The molecule has 314 valence electrons. The maximum absolute atomic E-state index is 14.8. The fourth-order valence-corrected chi connectivity index (χ4v) is 12.3. The lowest BCUT2D eigenvalue weighted by Crippen LogP contribution is -2.52. The van der Waals surface area contributed by atoms with Gasteiger partial charge in [-0.3, -0.25) is 0 Å². The molecule has 7 heteroatoms. The number of carbonyl (C=O) groups excluding carboxylic acids is 2. The maximum Gasteiger partial charge on any atom is 0.340 e. The van der Waals surface area contributed by atoms with Crippen LogP contribution in [0.3, 0.4) is 0 Å². The van der Waals surface area contributed by atoms with Crippen LogP contribution in [0.4, 0.5) is 0 Å². The first-order valence-corrected chi connectivity index (χ1v) is 23.0. The van der Waals surface area contributed by atoms with Gasteiger partial charge in [-0.1, -0.05) is 99.8 Å². The number of aliphatic hydroxyl groups excluding tert-OH is 1. The largest absolute Gasteiger partial charge is 0.508 e. The van der Waals surface area contributed by atoms with Crippen LogP contribution >= 0.6 is 0 Å². The normalized spacial score (nSPS) is 29.4. The van der Waals surface area contributed by atoms with Crippen LogP contribution in [0, 0.1) is 40.9 Å². The first-order chi connectivity index (χ1) is 29.3. The van der Waals surface area contributed by atoms with Gasteiger partial charge in [0.25, 0.3) is 0 Å². The van der Waals surface area contributed by atoms with Crippen molar-refractivity contribution in [3.8, 4) is 16.9 Å². The van der Waals surface area contributed by atoms with Crippen molar-refractivity contribution in [2.24, 2.45) is 40.9 Å². The van der Waals surface area contributed by atoms with E-state index >= 15 is 0 Å². The van der Waals surface area contributed by atoms with Gasteiger partial charge in [-0.2, -0.15) is 0 Å². The summed E-state index contributed by atoms with van der Waals surface area (Å²) in [7, 11) is 0. The van der Waals surface area contributed by atoms with Crippen molar-refractivity contribution in [1.29, 1.82) is 0 Å². The summed E-state index contributed by atoms with van der Waals surface area (Å²) in [6, 6.07) is 26.7. The number of esters is 2. The van der Waals surface area contributed by atoms with Crippen molar-refractivity contribution in [2.75, 3.05) is 13.2 Å². The molecule has 0 aromatic heterocycles. The van der Waals surface area contributed by atoms with Crippen LogP contribution in [-0.2, 0) is 25.5 Å². The molecule has 3 N–H and O–H groups in total. The Morgan fingerprint density at radius 3 is 2.47 bits per heavy atom. The molecule has 4 aliphatic carbocycles. The van der Waals surface area contributed by atoms with Crippen LogP contribution in [0.2, 0.25) is 0 Å². The van der Waals surface area contributed by atoms with Gasteiger partial charge in [-0.25, -0.2) is 9.59 Å². The average molecular weight is 808 g/mol. The minimum atomic E-state index is -0.847. The van der Waals surface area contributed by atoms with Gasteiger partial charge < -0.3 is 25.0 Å². The number of aromatic hydroxyl groups is 1. The van der Waals surface area contributed by atoms with E-state index in [9.17, 15) is 19.8 Å². The monoisotopic (exact) mass is 807 g/mol. The lowest BCUT2D eigenvalue weighted by molar-refractivity contribution is -0.135. The lowest BCUT2D eigenvalue weighted by atomic mass is 9.44. The molecule has 60 heavy (non-hydrogen) atoms. The molecule has 0 amide bonds. The van der Waals surface area contributed by atoms with E-state index in [0.29, 0.717) is 48.3 Å². The molecule has 3 aromatic carbocycles. The van der Waals surface area contributed by atoms with E-state index in [-0.39, 0.29) is 53.9 Å². The quantitative estimate of drug-likeness (QED) is 0.110. The number of rotatable bonds is 14. The van der Waals surface area contributed by atoms with Gasteiger partial charge >= 0.3 is 11.9 Å². The van der Waals surface area contributed by atoms with Crippen LogP contribution in [-0.4, -0.2) is 41.3 Å². The van der Waals surface area contributed by atoms with Crippen LogP contribution < -0.4 is 5.32 Å². The maximum atomic E-state index is 14.8. The molecule has 3 aromatic rings. The van der Waals surface area contributed by atoms with Crippen LogP contribution in [0.25, 0.3) is 16.7 Å². The molecule has 7 aliphatic rings. The second kappa shape index (κ2) is 17.3. The van der Waals surface area contributed by atoms with E-state index in [4.69, 9.17) is 9.47 Å². The van der Waals surface area contributed by atoms with Crippen molar-refractivity contribution in [2.45, 2.75) is 103 Å². The molecular formula is C53H61NO6. The predicted molar refractivity (Wildman–Crippen MR) is 235 cm³/mol. The Bertz CT molecular complexity index is 2220. The highest BCUT2D eigenvalue weighted by molar-refractivity contribution is 6.07. The molecule has 2 saturated heterocycles. The molecule has 2 bridgehead atoms. The van der Waals surface area contributed by atoms with E-state index in [1.165, 1.54) is 31.2 Å².